The standard InChI is InChI=1S/C15H22N4O/c1-5-11-9-17-8-7-12(11)14-18-15(20-19-14)10(3)13(6-2)16-4/h7-10,13,16H,5-6H2,1-4H3. The van der Waals surface area contributed by atoms with Crippen LogP contribution >= 0.6 is 0 Å². The second kappa shape index (κ2) is 6.61. The number of aromatic nitrogens is 3. The lowest BCUT2D eigenvalue weighted by Gasteiger charge is -2.18. The van der Waals surface area contributed by atoms with Gasteiger partial charge in [-0.1, -0.05) is 25.9 Å². The third-order valence-electron chi connectivity index (χ3n) is 3.77. The van der Waals surface area contributed by atoms with Gasteiger partial charge < -0.3 is 9.84 Å². The van der Waals surface area contributed by atoms with Crippen LogP contribution in [0.1, 0.15) is 44.6 Å². The van der Waals surface area contributed by atoms with E-state index in [9.17, 15) is 0 Å². The number of hydrogen-bond acceptors (Lipinski definition) is 5. The highest BCUT2D eigenvalue weighted by molar-refractivity contribution is 5.58. The van der Waals surface area contributed by atoms with E-state index in [1.54, 1.807) is 6.20 Å². The molecule has 0 aliphatic rings. The van der Waals surface area contributed by atoms with Crippen LogP contribution in [-0.4, -0.2) is 28.2 Å². The number of nitrogens with one attached hydrogen (secondary N) is 1. The maximum Gasteiger partial charge on any atom is 0.231 e. The highest BCUT2D eigenvalue weighted by atomic mass is 16.5. The van der Waals surface area contributed by atoms with Crippen LogP contribution in [0.3, 0.4) is 0 Å². The molecule has 5 nitrogen and oxygen atoms in total. The Bertz CT molecular complexity index is 548. The third kappa shape index (κ3) is 2.88. The van der Waals surface area contributed by atoms with Gasteiger partial charge in [-0.2, -0.15) is 4.98 Å². The van der Waals surface area contributed by atoms with Crippen LogP contribution in [0, 0.1) is 0 Å². The minimum absolute atomic E-state index is 0.193. The number of hydrogen-bond donors (Lipinski definition) is 1. The molecule has 0 spiro atoms. The summed E-state index contributed by atoms with van der Waals surface area (Å²) in [5.74, 6) is 1.52. The number of aryl methyl sites for hydroxylation is 1. The van der Waals surface area contributed by atoms with E-state index in [-0.39, 0.29) is 5.92 Å². The third-order valence-corrected chi connectivity index (χ3v) is 3.77. The lowest BCUT2D eigenvalue weighted by Crippen LogP contribution is -2.30. The fourth-order valence-corrected chi connectivity index (χ4v) is 2.44. The van der Waals surface area contributed by atoms with Crippen molar-refractivity contribution in [2.24, 2.45) is 0 Å². The Morgan fingerprint density at radius 2 is 2.15 bits per heavy atom. The monoisotopic (exact) mass is 274 g/mol. The Morgan fingerprint density at radius 3 is 2.80 bits per heavy atom. The molecule has 2 unspecified atom stereocenters. The average Bonchev–Trinajstić information content (AvgIpc) is 2.98. The molecule has 1 N–H and O–H groups in total. The number of likely N-dealkylation sites (N-methyl/N-ethyl adjacent to an activating group) is 1. The average molecular weight is 274 g/mol. The summed E-state index contributed by atoms with van der Waals surface area (Å²) >= 11 is 0. The molecule has 2 aromatic heterocycles. The van der Waals surface area contributed by atoms with E-state index in [0.29, 0.717) is 17.8 Å². The van der Waals surface area contributed by atoms with Gasteiger partial charge in [-0.25, -0.2) is 0 Å². The summed E-state index contributed by atoms with van der Waals surface area (Å²) in [5.41, 5.74) is 2.13. The second-order valence-corrected chi connectivity index (χ2v) is 4.93. The fraction of sp³-hybridized carbons (Fsp3) is 0.533. The fourth-order valence-electron chi connectivity index (χ4n) is 2.44. The highest BCUT2D eigenvalue weighted by Crippen LogP contribution is 2.25. The van der Waals surface area contributed by atoms with Gasteiger partial charge in [-0.05, 0) is 31.5 Å². The van der Waals surface area contributed by atoms with Gasteiger partial charge in [0.25, 0.3) is 0 Å². The van der Waals surface area contributed by atoms with Crippen molar-refractivity contribution in [3.63, 3.8) is 0 Å². The molecule has 108 valence electrons. The van der Waals surface area contributed by atoms with Crippen LogP contribution in [-0.2, 0) is 6.42 Å². The second-order valence-electron chi connectivity index (χ2n) is 4.93. The van der Waals surface area contributed by atoms with E-state index in [4.69, 9.17) is 4.52 Å². The van der Waals surface area contributed by atoms with Crippen molar-refractivity contribution in [3.8, 4) is 11.4 Å². The lowest BCUT2D eigenvalue weighted by atomic mass is 10.00. The van der Waals surface area contributed by atoms with Gasteiger partial charge in [0, 0.05) is 24.0 Å². The van der Waals surface area contributed by atoms with E-state index in [1.165, 1.54) is 0 Å². The normalized spacial score (nSPS) is 14.2. The summed E-state index contributed by atoms with van der Waals surface area (Å²) < 4.78 is 5.44. The number of nitrogens with zero attached hydrogens (tertiary/aromatic N) is 3. The first-order valence-electron chi connectivity index (χ1n) is 7.15. The first-order valence-corrected chi connectivity index (χ1v) is 7.15. The molecule has 0 aromatic carbocycles. The first-order chi connectivity index (χ1) is 9.71. The summed E-state index contributed by atoms with van der Waals surface area (Å²) in [6.45, 7) is 6.35. The van der Waals surface area contributed by atoms with Gasteiger partial charge in [0.15, 0.2) is 0 Å². The predicted molar refractivity (Wildman–Crippen MR) is 78.5 cm³/mol. The van der Waals surface area contributed by atoms with E-state index < -0.39 is 0 Å². The molecular formula is C15H22N4O. The molecule has 0 bridgehead atoms. The Labute approximate surface area is 119 Å². The van der Waals surface area contributed by atoms with Crippen LogP contribution < -0.4 is 5.32 Å². The summed E-state index contributed by atoms with van der Waals surface area (Å²) in [6, 6.07) is 2.28. The van der Waals surface area contributed by atoms with Crippen molar-refractivity contribution >= 4 is 0 Å². The van der Waals surface area contributed by atoms with Crippen LogP contribution in [0.15, 0.2) is 23.0 Å². The number of pyridine rings is 1. The van der Waals surface area contributed by atoms with E-state index in [2.05, 4.69) is 41.2 Å². The molecule has 0 saturated heterocycles. The highest BCUT2D eigenvalue weighted by Gasteiger charge is 2.22. The minimum Gasteiger partial charge on any atom is -0.339 e. The molecule has 5 heteroatoms. The molecular weight excluding hydrogens is 252 g/mol. The van der Waals surface area contributed by atoms with Crippen LogP contribution in [0.25, 0.3) is 11.4 Å². The number of rotatable bonds is 6. The largest absolute Gasteiger partial charge is 0.339 e. The van der Waals surface area contributed by atoms with Crippen LogP contribution in [0.5, 0.6) is 0 Å². The van der Waals surface area contributed by atoms with Gasteiger partial charge in [0.2, 0.25) is 11.7 Å². The smallest absolute Gasteiger partial charge is 0.231 e. The van der Waals surface area contributed by atoms with E-state index >= 15 is 0 Å². The van der Waals surface area contributed by atoms with Crippen molar-refractivity contribution in [1.82, 2.24) is 20.4 Å². The molecule has 2 aromatic rings. The molecule has 2 atom stereocenters. The molecule has 20 heavy (non-hydrogen) atoms. The lowest BCUT2D eigenvalue weighted by molar-refractivity contribution is 0.326. The molecule has 0 aliphatic carbocycles. The molecule has 2 heterocycles. The van der Waals surface area contributed by atoms with Crippen molar-refractivity contribution in [1.29, 1.82) is 0 Å². The maximum absolute atomic E-state index is 5.44. The zero-order valence-electron chi connectivity index (χ0n) is 12.6. The van der Waals surface area contributed by atoms with Gasteiger partial charge in [-0.3, -0.25) is 4.98 Å². The summed E-state index contributed by atoms with van der Waals surface area (Å²) in [5, 5.41) is 7.41. The molecule has 0 amide bonds. The Balaban J connectivity index is 2.29. The van der Waals surface area contributed by atoms with E-state index in [0.717, 1.165) is 24.0 Å². The quantitative estimate of drug-likeness (QED) is 0.877. The Kier molecular flexibility index (Phi) is 4.84. The SMILES string of the molecule is CCc1cnccc1-c1noc(C(C)C(CC)NC)n1. The molecule has 0 radical (unpaired) electrons. The van der Waals surface area contributed by atoms with Crippen molar-refractivity contribution in [2.75, 3.05) is 7.05 Å². The molecule has 0 fully saturated rings. The van der Waals surface area contributed by atoms with Crippen molar-refractivity contribution in [2.45, 2.75) is 45.6 Å². The Hall–Kier alpha value is -1.75. The zero-order valence-corrected chi connectivity index (χ0v) is 12.6. The van der Waals surface area contributed by atoms with Gasteiger partial charge in [0.05, 0.1) is 5.92 Å². The van der Waals surface area contributed by atoms with Gasteiger partial charge in [0.1, 0.15) is 0 Å². The van der Waals surface area contributed by atoms with Crippen LogP contribution in [0.2, 0.25) is 0 Å². The topological polar surface area (TPSA) is 63.8 Å². The van der Waals surface area contributed by atoms with Gasteiger partial charge in [-0.15, -0.1) is 0 Å². The molecule has 2 rings (SSSR count). The molecule has 0 aliphatic heterocycles. The molecule has 0 saturated carbocycles. The van der Waals surface area contributed by atoms with Crippen molar-refractivity contribution < 1.29 is 4.52 Å². The summed E-state index contributed by atoms with van der Waals surface area (Å²) in [6.07, 6.45) is 5.54. The predicted octanol–water partition coefficient (Wildman–Crippen LogP) is 2.80. The maximum atomic E-state index is 5.44. The zero-order chi connectivity index (χ0) is 14.5. The first kappa shape index (κ1) is 14.7. The minimum atomic E-state index is 0.193. The van der Waals surface area contributed by atoms with Gasteiger partial charge >= 0.3 is 0 Å². The summed E-state index contributed by atoms with van der Waals surface area (Å²) in [7, 11) is 1.96. The summed E-state index contributed by atoms with van der Waals surface area (Å²) in [4.78, 5) is 8.70. The Morgan fingerprint density at radius 1 is 1.35 bits per heavy atom. The van der Waals surface area contributed by atoms with E-state index in [1.807, 2.05) is 19.3 Å². The van der Waals surface area contributed by atoms with Crippen molar-refractivity contribution in [3.05, 3.63) is 29.9 Å². The van der Waals surface area contributed by atoms with Crippen LogP contribution in [0.4, 0.5) is 0 Å².